The number of thioether (sulfide) groups is 1. The van der Waals surface area contributed by atoms with E-state index in [4.69, 9.17) is 5.40 Å². The van der Waals surface area contributed by atoms with Gasteiger partial charge in [0.05, 0.1) is 0 Å². The van der Waals surface area contributed by atoms with Gasteiger partial charge in [0.15, 0.2) is 0 Å². The summed E-state index contributed by atoms with van der Waals surface area (Å²) in [6, 6.07) is 0.217. The Morgan fingerprint density at radius 2 is 2.06 bits per heavy atom. The number of rotatable bonds is 4. The second-order valence-corrected chi connectivity index (χ2v) is 10.5. The molecule has 0 aliphatic carbocycles. The molecule has 3 unspecified atom stereocenters. The molecule has 1 fully saturated rings. The Morgan fingerprint density at radius 1 is 1.56 bits per heavy atom. The first-order chi connectivity index (χ1) is 7.21. The monoisotopic (exact) mass is 260 g/mol. The van der Waals surface area contributed by atoms with Crippen LogP contribution in [0.25, 0.3) is 0 Å². The van der Waals surface area contributed by atoms with Crippen molar-refractivity contribution in [1.82, 2.24) is 5.32 Å². The molecule has 3 nitrogen and oxygen atoms in total. The fourth-order valence-corrected chi connectivity index (χ4v) is 7.65. The van der Waals surface area contributed by atoms with Gasteiger partial charge in [-0.05, 0) is 24.1 Å². The third-order valence-electron chi connectivity index (χ3n) is 4.44. The molecule has 0 aromatic heterocycles. The van der Waals surface area contributed by atoms with Gasteiger partial charge in [0.2, 0.25) is 5.91 Å². The van der Waals surface area contributed by atoms with Gasteiger partial charge in [-0.15, -0.1) is 11.8 Å². The molecule has 0 saturated carbocycles. The van der Waals surface area contributed by atoms with Gasteiger partial charge < -0.3 is 10.7 Å². The summed E-state index contributed by atoms with van der Waals surface area (Å²) >= 11 is 1.65. The Kier molecular flexibility index (Phi) is 3.82. The second-order valence-electron chi connectivity index (χ2n) is 5.65. The third-order valence-corrected chi connectivity index (χ3v) is 11.1. The maximum absolute atomic E-state index is 11.9. The number of nitrogens with two attached hydrogens (primary N) is 1. The number of nitrogens with one attached hydrogen (secondary N) is 1. The standard InChI is InChI=1S/C11H24N2OSSi/c1-7(2)10(4,5)16(12)11(15-6)8(3)13-9(11)14/h7-8,16H,12H2,1-6H3,(H,13,14). The maximum Gasteiger partial charge on any atom is 0.236 e. The first kappa shape index (κ1) is 14.1. The van der Waals surface area contributed by atoms with E-state index in [1.54, 1.807) is 11.8 Å². The summed E-state index contributed by atoms with van der Waals surface area (Å²) in [7, 11) is -1.68. The number of carbonyl (C=O) groups excluding carboxylic acids is 1. The Hall–Kier alpha value is -0.00312. The molecule has 94 valence electrons. The molecule has 1 amide bonds. The van der Waals surface area contributed by atoms with Gasteiger partial charge in [-0.3, -0.25) is 4.79 Å². The molecule has 3 atom stereocenters. The Labute approximate surface area is 105 Å². The Bertz CT molecular complexity index is 296. The van der Waals surface area contributed by atoms with Crippen LogP contribution in [0.15, 0.2) is 0 Å². The maximum atomic E-state index is 11.9. The first-order valence-corrected chi connectivity index (χ1v) is 8.87. The first-order valence-electron chi connectivity index (χ1n) is 5.83. The minimum Gasteiger partial charge on any atom is -0.351 e. The average molecular weight is 260 g/mol. The predicted octanol–water partition coefficient (Wildman–Crippen LogP) is 1.26. The fourth-order valence-electron chi connectivity index (χ4n) is 2.25. The summed E-state index contributed by atoms with van der Waals surface area (Å²) in [5, 5.41) is 9.57. The van der Waals surface area contributed by atoms with Crippen LogP contribution in [-0.2, 0) is 4.79 Å². The van der Waals surface area contributed by atoms with E-state index in [1.165, 1.54) is 0 Å². The van der Waals surface area contributed by atoms with Gasteiger partial charge in [0.25, 0.3) is 0 Å². The lowest BCUT2D eigenvalue weighted by atomic mass is 9.99. The number of hydrogen-bond donors (Lipinski definition) is 2. The zero-order valence-corrected chi connectivity index (χ0v) is 13.1. The van der Waals surface area contributed by atoms with Crippen LogP contribution >= 0.6 is 11.8 Å². The smallest absolute Gasteiger partial charge is 0.236 e. The van der Waals surface area contributed by atoms with Crippen LogP contribution in [0.5, 0.6) is 0 Å². The molecule has 0 bridgehead atoms. The van der Waals surface area contributed by atoms with E-state index in [9.17, 15) is 4.79 Å². The lowest BCUT2D eigenvalue weighted by molar-refractivity contribution is -0.128. The fraction of sp³-hybridized carbons (Fsp3) is 0.909. The normalized spacial score (nSPS) is 32.2. The molecule has 1 aliphatic rings. The Morgan fingerprint density at radius 3 is 2.31 bits per heavy atom. The van der Waals surface area contributed by atoms with Gasteiger partial charge in [-0.1, -0.05) is 27.7 Å². The largest absolute Gasteiger partial charge is 0.351 e. The summed E-state index contributed by atoms with van der Waals surface area (Å²) < 4.78 is -0.312. The van der Waals surface area contributed by atoms with Crippen molar-refractivity contribution in [3.63, 3.8) is 0 Å². The van der Waals surface area contributed by atoms with Crippen LogP contribution in [-0.4, -0.2) is 31.5 Å². The molecule has 1 saturated heterocycles. The van der Waals surface area contributed by atoms with Crippen LogP contribution < -0.4 is 10.7 Å². The van der Waals surface area contributed by atoms with Crippen molar-refractivity contribution in [2.75, 3.05) is 6.26 Å². The van der Waals surface area contributed by atoms with Crippen molar-refractivity contribution in [3.8, 4) is 0 Å². The van der Waals surface area contributed by atoms with Crippen LogP contribution in [0.1, 0.15) is 34.6 Å². The lowest BCUT2D eigenvalue weighted by Crippen LogP contribution is -2.79. The Balaban J connectivity index is 3.03. The van der Waals surface area contributed by atoms with E-state index in [2.05, 4.69) is 39.9 Å². The number of hydrogen-bond acceptors (Lipinski definition) is 3. The third kappa shape index (κ3) is 1.73. The summed E-state index contributed by atoms with van der Waals surface area (Å²) in [5.41, 5.74) is 0. The topological polar surface area (TPSA) is 55.1 Å². The van der Waals surface area contributed by atoms with Crippen LogP contribution in [0.2, 0.25) is 5.04 Å². The SMILES string of the molecule is CSC1([SiH](N)C(C)(C)C(C)C)C(=O)NC1C. The average Bonchev–Trinajstić information content (AvgIpc) is 2.18. The zero-order chi connectivity index (χ0) is 12.7. The van der Waals surface area contributed by atoms with Crippen molar-refractivity contribution in [3.05, 3.63) is 0 Å². The van der Waals surface area contributed by atoms with Crippen LogP contribution in [0.3, 0.4) is 0 Å². The minimum absolute atomic E-state index is 0.0923. The van der Waals surface area contributed by atoms with Crippen LogP contribution in [0.4, 0.5) is 0 Å². The molecule has 16 heavy (non-hydrogen) atoms. The highest BCUT2D eigenvalue weighted by molar-refractivity contribution is 8.02. The van der Waals surface area contributed by atoms with E-state index in [1.807, 2.05) is 6.26 Å². The van der Waals surface area contributed by atoms with Crippen molar-refractivity contribution in [2.24, 2.45) is 11.3 Å². The van der Waals surface area contributed by atoms with Crippen molar-refractivity contribution < 1.29 is 4.79 Å². The van der Waals surface area contributed by atoms with E-state index in [-0.39, 0.29) is 21.4 Å². The highest BCUT2D eigenvalue weighted by Crippen LogP contribution is 2.47. The molecule has 0 radical (unpaired) electrons. The molecule has 0 aromatic rings. The summed E-state index contributed by atoms with van der Waals surface area (Å²) in [5.74, 6) is 0.666. The summed E-state index contributed by atoms with van der Waals surface area (Å²) in [6.07, 6.45) is 2.01. The molecule has 5 heteroatoms. The highest BCUT2D eigenvalue weighted by Gasteiger charge is 2.61. The number of amides is 1. The van der Waals surface area contributed by atoms with Crippen molar-refractivity contribution in [2.45, 2.75) is 50.1 Å². The van der Waals surface area contributed by atoms with E-state index in [0.29, 0.717) is 5.92 Å². The molecular formula is C11H24N2OSSi. The van der Waals surface area contributed by atoms with Gasteiger partial charge in [0.1, 0.15) is 13.3 Å². The van der Waals surface area contributed by atoms with E-state index in [0.717, 1.165) is 0 Å². The lowest BCUT2D eigenvalue weighted by Gasteiger charge is -2.53. The van der Waals surface area contributed by atoms with E-state index < -0.39 is 8.96 Å². The van der Waals surface area contributed by atoms with Gasteiger partial charge >= 0.3 is 0 Å². The van der Waals surface area contributed by atoms with Gasteiger partial charge in [-0.25, -0.2) is 0 Å². The molecule has 1 heterocycles. The predicted molar refractivity (Wildman–Crippen MR) is 74.1 cm³/mol. The molecule has 0 aromatic carbocycles. The van der Waals surface area contributed by atoms with Crippen molar-refractivity contribution >= 4 is 26.6 Å². The molecule has 0 spiro atoms. The summed E-state index contributed by atoms with van der Waals surface area (Å²) in [4.78, 5) is 11.9. The second kappa shape index (κ2) is 4.35. The minimum atomic E-state index is -1.68. The molecule has 1 aliphatic heterocycles. The van der Waals surface area contributed by atoms with Gasteiger partial charge in [0, 0.05) is 6.04 Å². The number of β-lactam (4-membered cyclic amide) rings is 1. The van der Waals surface area contributed by atoms with Crippen molar-refractivity contribution in [1.29, 1.82) is 0 Å². The van der Waals surface area contributed by atoms with E-state index >= 15 is 0 Å². The molecular weight excluding hydrogens is 236 g/mol. The highest BCUT2D eigenvalue weighted by atomic mass is 32.2. The summed E-state index contributed by atoms with van der Waals surface area (Å²) in [6.45, 7) is 10.9. The quantitative estimate of drug-likeness (QED) is 0.591. The molecule has 3 N–H and O–H groups in total. The number of carbonyl (C=O) groups is 1. The van der Waals surface area contributed by atoms with Gasteiger partial charge in [-0.2, -0.15) is 0 Å². The molecule has 1 rings (SSSR count). The van der Waals surface area contributed by atoms with Crippen LogP contribution in [0, 0.1) is 5.92 Å². The zero-order valence-electron chi connectivity index (χ0n) is 11.1.